The molecule has 28 heavy (non-hydrogen) atoms. The molecule has 0 aliphatic carbocycles. The number of pyridine rings is 1. The molecule has 1 unspecified atom stereocenters. The Labute approximate surface area is 165 Å². The molecule has 4 N–H and O–H groups in total. The Bertz CT molecular complexity index is 921. The van der Waals surface area contributed by atoms with Crippen LogP contribution in [0.25, 0.3) is 11.3 Å². The summed E-state index contributed by atoms with van der Waals surface area (Å²) in [6.07, 6.45) is 6.90. The second kappa shape index (κ2) is 8.71. The van der Waals surface area contributed by atoms with Crippen LogP contribution in [0.5, 0.6) is 0 Å². The van der Waals surface area contributed by atoms with Gasteiger partial charge in [0.05, 0.1) is 6.10 Å². The summed E-state index contributed by atoms with van der Waals surface area (Å²) in [4.78, 5) is 17.3. The summed E-state index contributed by atoms with van der Waals surface area (Å²) in [6, 6.07) is 9.79. The molecule has 2 aromatic rings. The largest absolute Gasteiger partial charge is 0.404 e. The predicted molar refractivity (Wildman–Crippen MR) is 113 cm³/mol. The Balaban J connectivity index is 1.91. The monoisotopic (exact) mass is 378 g/mol. The van der Waals surface area contributed by atoms with Crippen LogP contribution in [0.4, 0.5) is 5.69 Å². The fourth-order valence-electron chi connectivity index (χ4n) is 3.44. The number of ether oxygens (including phenoxy) is 1. The number of nitrogens with zero attached hydrogens (tertiary/aromatic N) is 2. The van der Waals surface area contributed by atoms with E-state index >= 15 is 0 Å². The topological polar surface area (TPSA) is 94.5 Å². The molecule has 0 spiro atoms. The van der Waals surface area contributed by atoms with Gasteiger partial charge in [-0.3, -0.25) is 9.78 Å². The summed E-state index contributed by atoms with van der Waals surface area (Å²) in [5.41, 5.74) is 17.9. The molecular formula is C22H26N4O2. The van der Waals surface area contributed by atoms with Crippen LogP contribution in [0.2, 0.25) is 0 Å². The fraction of sp³-hybridized carbons (Fsp3) is 0.273. The first-order chi connectivity index (χ1) is 13.5. The number of rotatable bonds is 6. The number of nitrogens with two attached hydrogens (primary N) is 2. The number of aryl methyl sites for hydroxylation is 1. The lowest BCUT2D eigenvalue weighted by molar-refractivity contribution is 0.111. The summed E-state index contributed by atoms with van der Waals surface area (Å²) in [5, 5.41) is 0. The molecule has 6 heteroatoms. The van der Waals surface area contributed by atoms with Crippen LogP contribution in [-0.4, -0.2) is 37.6 Å². The van der Waals surface area contributed by atoms with Crippen LogP contribution in [0.15, 0.2) is 48.8 Å². The molecule has 2 heterocycles. The minimum atomic E-state index is 0.267. The third-order valence-electron chi connectivity index (χ3n) is 5.10. The number of benzene rings is 1. The van der Waals surface area contributed by atoms with Crippen LogP contribution in [0, 0.1) is 6.92 Å². The third kappa shape index (κ3) is 4.23. The van der Waals surface area contributed by atoms with Gasteiger partial charge in [0.1, 0.15) is 5.69 Å². The number of aldehydes is 1. The first-order valence-electron chi connectivity index (χ1n) is 9.25. The number of aromatic nitrogens is 1. The molecular weight excluding hydrogens is 352 g/mol. The number of carbonyl (C=O) groups excluding carboxylic acids is 1. The van der Waals surface area contributed by atoms with E-state index in [9.17, 15) is 4.79 Å². The van der Waals surface area contributed by atoms with E-state index in [1.54, 1.807) is 25.4 Å². The van der Waals surface area contributed by atoms with Gasteiger partial charge in [0.2, 0.25) is 0 Å². The zero-order valence-corrected chi connectivity index (χ0v) is 16.3. The van der Waals surface area contributed by atoms with Gasteiger partial charge in [0, 0.05) is 49.5 Å². The Morgan fingerprint density at radius 1 is 1.32 bits per heavy atom. The molecule has 1 aromatic carbocycles. The van der Waals surface area contributed by atoms with Gasteiger partial charge < -0.3 is 21.1 Å². The molecule has 1 aliphatic heterocycles. The lowest BCUT2D eigenvalue weighted by Gasteiger charge is -2.20. The molecule has 1 aromatic heterocycles. The van der Waals surface area contributed by atoms with E-state index in [1.165, 1.54) is 6.20 Å². The van der Waals surface area contributed by atoms with E-state index in [0.717, 1.165) is 47.5 Å². The smallest absolute Gasteiger partial charge is 0.168 e. The standard InChI is InChI=1S/C22H26N4O2/c1-15-3-4-19(26-8-6-20(13-26)28-2)11-21(15)22(24)10-17(12-23)16-5-7-25-18(9-16)14-27/h3-5,7,9-12,14,20H,6,8,13,23-24H2,1-2H3/b17-12+,22-10-. The summed E-state index contributed by atoms with van der Waals surface area (Å²) in [5.74, 6) is 0. The number of methoxy groups -OCH3 is 1. The molecule has 0 saturated carbocycles. The third-order valence-corrected chi connectivity index (χ3v) is 5.10. The molecule has 6 nitrogen and oxygen atoms in total. The maximum absolute atomic E-state index is 11.0. The van der Waals surface area contributed by atoms with Gasteiger partial charge in [0.15, 0.2) is 6.29 Å². The van der Waals surface area contributed by atoms with E-state index in [2.05, 4.69) is 28.1 Å². The van der Waals surface area contributed by atoms with Crippen molar-refractivity contribution in [1.29, 1.82) is 0 Å². The van der Waals surface area contributed by atoms with Crippen LogP contribution < -0.4 is 16.4 Å². The van der Waals surface area contributed by atoms with Gasteiger partial charge in [0.25, 0.3) is 0 Å². The highest BCUT2D eigenvalue weighted by atomic mass is 16.5. The second-order valence-corrected chi connectivity index (χ2v) is 6.90. The summed E-state index contributed by atoms with van der Waals surface area (Å²) in [6.45, 7) is 3.87. The maximum atomic E-state index is 11.0. The first-order valence-corrected chi connectivity index (χ1v) is 9.25. The van der Waals surface area contributed by atoms with Crippen molar-refractivity contribution in [3.8, 4) is 0 Å². The zero-order valence-electron chi connectivity index (χ0n) is 16.3. The normalized spacial score (nSPS) is 17.8. The Hall–Kier alpha value is -3.12. The van der Waals surface area contributed by atoms with E-state index in [0.29, 0.717) is 17.7 Å². The predicted octanol–water partition coefficient (Wildman–Crippen LogP) is 2.73. The van der Waals surface area contributed by atoms with Crippen LogP contribution in [0.3, 0.4) is 0 Å². The molecule has 0 amide bonds. The maximum Gasteiger partial charge on any atom is 0.168 e. The van der Waals surface area contributed by atoms with Crippen molar-refractivity contribution >= 4 is 23.2 Å². The number of hydrogen-bond donors (Lipinski definition) is 2. The van der Waals surface area contributed by atoms with Crippen molar-refractivity contribution in [2.24, 2.45) is 11.5 Å². The number of hydrogen-bond acceptors (Lipinski definition) is 6. The molecule has 3 rings (SSSR count). The van der Waals surface area contributed by atoms with Crippen molar-refractivity contribution in [3.05, 3.63) is 71.2 Å². The highest BCUT2D eigenvalue weighted by molar-refractivity contribution is 5.85. The van der Waals surface area contributed by atoms with Crippen molar-refractivity contribution in [1.82, 2.24) is 4.98 Å². The summed E-state index contributed by atoms with van der Waals surface area (Å²) < 4.78 is 5.47. The van der Waals surface area contributed by atoms with Crippen LogP contribution in [0.1, 0.15) is 33.6 Å². The molecule has 1 saturated heterocycles. The molecule has 0 radical (unpaired) electrons. The number of allylic oxidation sites excluding steroid dienone is 2. The average Bonchev–Trinajstić information content (AvgIpc) is 3.21. The zero-order chi connectivity index (χ0) is 20.1. The molecule has 0 bridgehead atoms. The lowest BCUT2D eigenvalue weighted by Crippen LogP contribution is -2.22. The molecule has 1 aliphatic rings. The quantitative estimate of drug-likeness (QED) is 0.593. The van der Waals surface area contributed by atoms with Gasteiger partial charge in [-0.05, 0) is 60.4 Å². The van der Waals surface area contributed by atoms with Crippen molar-refractivity contribution < 1.29 is 9.53 Å². The minimum Gasteiger partial charge on any atom is -0.404 e. The van der Waals surface area contributed by atoms with Gasteiger partial charge in [-0.2, -0.15) is 0 Å². The van der Waals surface area contributed by atoms with Gasteiger partial charge in [-0.25, -0.2) is 0 Å². The van der Waals surface area contributed by atoms with Crippen LogP contribution >= 0.6 is 0 Å². The van der Waals surface area contributed by atoms with E-state index in [1.807, 2.05) is 13.0 Å². The molecule has 1 atom stereocenters. The van der Waals surface area contributed by atoms with Crippen molar-refractivity contribution in [2.75, 3.05) is 25.1 Å². The highest BCUT2D eigenvalue weighted by Gasteiger charge is 2.22. The van der Waals surface area contributed by atoms with E-state index < -0.39 is 0 Å². The Kier molecular flexibility index (Phi) is 6.11. The van der Waals surface area contributed by atoms with Gasteiger partial charge in [-0.1, -0.05) is 6.07 Å². The first kappa shape index (κ1) is 19.6. The summed E-state index contributed by atoms with van der Waals surface area (Å²) >= 11 is 0. The molecule has 146 valence electrons. The van der Waals surface area contributed by atoms with E-state index in [4.69, 9.17) is 16.2 Å². The van der Waals surface area contributed by atoms with E-state index in [-0.39, 0.29) is 6.10 Å². The lowest BCUT2D eigenvalue weighted by atomic mass is 10.0. The molecule has 1 fully saturated rings. The highest BCUT2D eigenvalue weighted by Crippen LogP contribution is 2.28. The van der Waals surface area contributed by atoms with Gasteiger partial charge >= 0.3 is 0 Å². The minimum absolute atomic E-state index is 0.267. The fourth-order valence-corrected chi connectivity index (χ4v) is 3.44. The second-order valence-electron chi connectivity index (χ2n) is 6.90. The van der Waals surface area contributed by atoms with Crippen molar-refractivity contribution in [3.63, 3.8) is 0 Å². The average molecular weight is 378 g/mol. The Morgan fingerprint density at radius 2 is 2.14 bits per heavy atom. The Morgan fingerprint density at radius 3 is 2.82 bits per heavy atom. The summed E-state index contributed by atoms with van der Waals surface area (Å²) in [7, 11) is 1.76. The van der Waals surface area contributed by atoms with Crippen LogP contribution in [-0.2, 0) is 4.74 Å². The number of carbonyl (C=O) groups is 1. The SMILES string of the molecule is COC1CCN(c2ccc(C)c(/C(N)=C/C(=C\N)c3ccnc(C=O)c3)c2)C1. The van der Waals surface area contributed by atoms with Gasteiger partial charge in [-0.15, -0.1) is 0 Å². The number of anilines is 1. The van der Waals surface area contributed by atoms with Crippen molar-refractivity contribution in [2.45, 2.75) is 19.4 Å².